The Morgan fingerprint density at radius 1 is 0.939 bits per heavy atom. The Morgan fingerprint density at radius 2 is 1.70 bits per heavy atom. The summed E-state index contributed by atoms with van der Waals surface area (Å²) in [6, 6.07) is 19.5. The highest BCUT2D eigenvalue weighted by Gasteiger charge is 2.22. The first-order valence-electron chi connectivity index (χ1n) is 11.0. The maximum absolute atomic E-state index is 13.4. The van der Waals surface area contributed by atoms with Crippen LogP contribution in [0.4, 0.5) is 10.5 Å². The molecule has 0 saturated heterocycles. The third kappa shape index (κ3) is 7.05. The number of amides is 3. The molecule has 2 aromatic carbocycles. The number of aryl methyl sites for hydroxylation is 3. The van der Waals surface area contributed by atoms with Gasteiger partial charge in [0.15, 0.2) is 0 Å². The van der Waals surface area contributed by atoms with Crippen molar-refractivity contribution >= 4 is 29.0 Å². The second kappa shape index (κ2) is 11.5. The van der Waals surface area contributed by atoms with E-state index < -0.39 is 0 Å². The van der Waals surface area contributed by atoms with Crippen LogP contribution in [0.2, 0.25) is 0 Å². The molecule has 0 saturated carbocycles. The van der Waals surface area contributed by atoms with Crippen molar-refractivity contribution in [1.82, 2.24) is 9.80 Å². The molecular formula is C27H31N3O2S. The van der Waals surface area contributed by atoms with Gasteiger partial charge in [-0.1, -0.05) is 42.5 Å². The number of urea groups is 1. The van der Waals surface area contributed by atoms with Crippen LogP contribution in [0.25, 0.3) is 0 Å². The van der Waals surface area contributed by atoms with Gasteiger partial charge in [0.05, 0.1) is 6.54 Å². The van der Waals surface area contributed by atoms with Crippen LogP contribution in [-0.4, -0.2) is 34.8 Å². The molecule has 1 N–H and O–H groups in total. The van der Waals surface area contributed by atoms with E-state index in [1.807, 2.05) is 62.4 Å². The van der Waals surface area contributed by atoms with Crippen LogP contribution < -0.4 is 5.32 Å². The number of anilines is 1. The van der Waals surface area contributed by atoms with Gasteiger partial charge in [-0.25, -0.2) is 4.79 Å². The number of hydrogen-bond acceptors (Lipinski definition) is 3. The second-order valence-corrected chi connectivity index (χ2v) is 9.52. The van der Waals surface area contributed by atoms with Crippen LogP contribution in [0.5, 0.6) is 0 Å². The monoisotopic (exact) mass is 461 g/mol. The van der Waals surface area contributed by atoms with Crippen molar-refractivity contribution in [2.24, 2.45) is 0 Å². The van der Waals surface area contributed by atoms with Gasteiger partial charge in [-0.3, -0.25) is 4.79 Å². The fourth-order valence-corrected chi connectivity index (χ4v) is 4.36. The van der Waals surface area contributed by atoms with Gasteiger partial charge < -0.3 is 15.1 Å². The SMILES string of the molecule is C=CCN(CC(=O)N(Cc1ccccc1)Cc1ccc(C)s1)C(=O)Nc1ccc(C)c(C)c1. The Labute approximate surface area is 200 Å². The molecule has 33 heavy (non-hydrogen) atoms. The summed E-state index contributed by atoms with van der Waals surface area (Å²) < 4.78 is 0. The molecule has 1 aromatic heterocycles. The van der Waals surface area contributed by atoms with E-state index in [4.69, 9.17) is 0 Å². The largest absolute Gasteiger partial charge is 0.332 e. The summed E-state index contributed by atoms with van der Waals surface area (Å²) >= 11 is 1.68. The molecule has 0 aliphatic rings. The van der Waals surface area contributed by atoms with E-state index in [0.29, 0.717) is 18.8 Å². The summed E-state index contributed by atoms with van der Waals surface area (Å²) in [5.74, 6) is -0.109. The zero-order valence-corrected chi connectivity index (χ0v) is 20.3. The van der Waals surface area contributed by atoms with Crippen LogP contribution in [0, 0.1) is 20.8 Å². The molecular weight excluding hydrogens is 430 g/mol. The van der Waals surface area contributed by atoms with Gasteiger partial charge in [-0.15, -0.1) is 17.9 Å². The molecule has 0 spiro atoms. The molecule has 0 aliphatic heterocycles. The van der Waals surface area contributed by atoms with Gasteiger partial charge >= 0.3 is 6.03 Å². The van der Waals surface area contributed by atoms with Crippen molar-refractivity contribution in [3.8, 4) is 0 Å². The maximum atomic E-state index is 13.4. The maximum Gasteiger partial charge on any atom is 0.322 e. The summed E-state index contributed by atoms with van der Waals surface area (Å²) in [4.78, 5) is 32.0. The van der Waals surface area contributed by atoms with Crippen LogP contribution in [0.1, 0.15) is 26.4 Å². The van der Waals surface area contributed by atoms with Crippen LogP contribution in [-0.2, 0) is 17.9 Å². The Kier molecular flexibility index (Phi) is 8.44. The van der Waals surface area contributed by atoms with E-state index in [-0.39, 0.29) is 25.0 Å². The number of benzene rings is 2. The fraction of sp³-hybridized carbons (Fsp3) is 0.259. The normalized spacial score (nSPS) is 10.5. The first-order valence-corrected chi connectivity index (χ1v) is 11.8. The van der Waals surface area contributed by atoms with Crippen molar-refractivity contribution < 1.29 is 9.59 Å². The van der Waals surface area contributed by atoms with E-state index in [2.05, 4.69) is 31.0 Å². The predicted molar refractivity (Wildman–Crippen MR) is 136 cm³/mol. The molecule has 172 valence electrons. The lowest BCUT2D eigenvalue weighted by atomic mass is 10.1. The minimum Gasteiger partial charge on any atom is -0.332 e. The van der Waals surface area contributed by atoms with E-state index in [1.54, 1.807) is 22.3 Å². The zero-order chi connectivity index (χ0) is 23.8. The van der Waals surface area contributed by atoms with E-state index in [9.17, 15) is 9.59 Å². The highest BCUT2D eigenvalue weighted by Crippen LogP contribution is 2.19. The van der Waals surface area contributed by atoms with E-state index >= 15 is 0 Å². The summed E-state index contributed by atoms with van der Waals surface area (Å²) in [6.45, 7) is 11.1. The van der Waals surface area contributed by atoms with Gasteiger partial charge in [0.25, 0.3) is 0 Å². The molecule has 0 bridgehead atoms. The summed E-state index contributed by atoms with van der Waals surface area (Å²) in [5.41, 5.74) is 4.01. The Balaban J connectivity index is 1.74. The molecule has 3 amide bonds. The number of rotatable bonds is 9. The lowest BCUT2D eigenvalue weighted by Crippen LogP contribution is -2.44. The van der Waals surface area contributed by atoms with E-state index in [1.165, 1.54) is 9.78 Å². The second-order valence-electron chi connectivity index (χ2n) is 8.15. The standard InChI is InChI=1S/C27H31N3O2S/c1-5-15-29(27(32)28-24-13-11-20(2)21(3)16-24)19-26(31)30(17-23-9-7-6-8-10-23)18-25-14-12-22(4)33-25/h5-14,16H,1,15,17-19H2,2-4H3,(H,28,32). The first-order chi connectivity index (χ1) is 15.9. The highest BCUT2D eigenvalue weighted by atomic mass is 32.1. The van der Waals surface area contributed by atoms with Gasteiger partial charge in [-0.05, 0) is 61.7 Å². The molecule has 0 fully saturated rings. The quantitative estimate of drug-likeness (QED) is 0.402. The number of nitrogens with zero attached hydrogens (tertiary/aromatic N) is 2. The Morgan fingerprint density at radius 3 is 2.33 bits per heavy atom. The number of carbonyl (C=O) groups excluding carboxylic acids is 2. The van der Waals surface area contributed by atoms with E-state index in [0.717, 1.165) is 21.6 Å². The molecule has 1 heterocycles. The molecule has 0 atom stereocenters. The van der Waals surface area contributed by atoms with Crippen molar-refractivity contribution in [2.45, 2.75) is 33.9 Å². The van der Waals surface area contributed by atoms with Crippen LogP contribution >= 0.6 is 11.3 Å². The lowest BCUT2D eigenvalue weighted by molar-refractivity contribution is -0.132. The van der Waals surface area contributed by atoms with Crippen molar-refractivity contribution in [1.29, 1.82) is 0 Å². The van der Waals surface area contributed by atoms with Crippen molar-refractivity contribution in [3.05, 3.63) is 99.8 Å². The Bertz CT molecular complexity index is 1110. The molecule has 6 heteroatoms. The van der Waals surface area contributed by atoms with Crippen LogP contribution in [0.3, 0.4) is 0 Å². The molecule has 0 aliphatic carbocycles. The first kappa shape index (κ1) is 24.3. The topological polar surface area (TPSA) is 52.7 Å². The Hall–Kier alpha value is -3.38. The molecule has 5 nitrogen and oxygen atoms in total. The lowest BCUT2D eigenvalue weighted by Gasteiger charge is -2.27. The number of nitrogens with one attached hydrogen (secondary N) is 1. The minimum atomic E-state index is -0.321. The van der Waals surface area contributed by atoms with Gasteiger partial charge in [0.2, 0.25) is 5.91 Å². The summed E-state index contributed by atoms with van der Waals surface area (Å²) in [7, 11) is 0. The molecule has 0 unspecified atom stereocenters. The molecule has 3 rings (SSSR count). The average molecular weight is 462 g/mol. The van der Waals surface area contributed by atoms with Gasteiger partial charge in [0, 0.05) is 28.5 Å². The van der Waals surface area contributed by atoms with Crippen molar-refractivity contribution in [3.63, 3.8) is 0 Å². The van der Waals surface area contributed by atoms with Crippen molar-refractivity contribution in [2.75, 3.05) is 18.4 Å². The van der Waals surface area contributed by atoms with Crippen LogP contribution in [0.15, 0.2) is 73.3 Å². The average Bonchev–Trinajstić information content (AvgIpc) is 3.20. The smallest absolute Gasteiger partial charge is 0.322 e. The highest BCUT2D eigenvalue weighted by molar-refractivity contribution is 7.11. The number of carbonyl (C=O) groups is 2. The summed E-state index contributed by atoms with van der Waals surface area (Å²) in [5, 5.41) is 2.91. The minimum absolute atomic E-state index is 0.0279. The van der Waals surface area contributed by atoms with Gasteiger partial charge in [-0.2, -0.15) is 0 Å². The zero-order valence-electron chi connectivity index (χ0n) is 19.5. The van der Waals surface area contributed by atoms with Gasteiger partial charge in [0.1, 0.15) is 6.54 Å². The number of hydrogen-bond donors (Lipinski definition) is 1. The summed E-state index contributed by atoms with van der Waals surface area (Å²) in [6.07, 6.45) is 1.64. The fourth-order valence-electron chi connectivity index (χ4n) is 3.45. The number of thiophene rings is 1. The molecule has 0 radical (unpaired) electrons. The third-order valence-corrected chi connectivity index (χ3v) is 6.42. The molecule has 3 aromatic rings. The third-order valence-electron chi connectivity index (χ3n) is 5.43. The predicted octanol–water partition coefficient (Wildman–Crippen LogP) is 5.92.